The van der Waals surface area contributed by atoms with Crippen molar-refractivity contribution >= 4 is 15.9 Å². The summed E-state index contributed by atoms with van der Waals surface area (Å²) in [4.78, 5) is 2.22. The maximum Gasteiger partial charge on any atom is 0.137 e. The second-order valence-electron chi connectivity index (χ2n) is 4.45. The van der Waals surface area contributed by atoms with Crippen LogP contribution < -0.4 is 5.32 Å². The fourth-order valence-electron chi connectivity index (χ4n) is 2.38. The average Bonchev–Trinajstić information content (AvgIpc) is 2.40. The van der Waals surface area contributed by atoms with Gasteiger partial charge in [0.1, 0.15) is 5.82 Å². The molecule has 1 fully saturated rings. The molecule has 0 spiro atoms. The molecule has 0 saturated carbocycles. The molecule has 1 saturated heterocycles. The molecule has 2 rings (SSSR count). The molecule has 1 aliphatic heterocycles. The Morgan fingerprint density at radius 1 is 1.33 bits per heavy atom. The Labute approximate surface area is 114 Å². The van der Waals surface area contributed by atoms with Gasteiger partial charge in [0.25, 0.3) is 0 Å². The van der Waals surface area contributed by atoms with Gasteiger partial charge in [0, 0.05) is 32.2 Å². The molecule has 0 aromatic heterocycles. The van der Waals surface area contributed by atoms with E-state index < -0.39 is 0 Å². The average molecular weight is 319 g/mol. The first-order valence-electron chi connectivity index (χ1n) is 6.18. The summed E-state index contributed by atoms with van der Waals surface area (Å²) in [6, 6.07) is 5.04. The molecule has 1 aromatic carbocycles. The summed E-state index contributed by atoms with van der Waals surface area (Å²) in [6.07, 6.45) is 0.418. The third kappa shape index (κ3) is 3.28. The molecule has 0 aliphatic carbocycles. The summed E-state index contributed by atoms with van der Waals surface area (Å²) >= 11 is 3.14. The van der Waals surface area contributed by atoms with Crippen LogP contribution in [0.4, 0.5) is 8.78 Å². The Balaban J connectivity index is 2.19. The van der Waals surface area contributed by atoms with Crippen LogP contribution in [0.3, 0.4) is 0 Å². The van der Waals surface area contributed by atoms with Crippen LogP contribution >= 0.6 is 15.9 Å². The number of benzene rings is 1. The van der Waals surface area contributed by atoms with Gasteiger partial charge < -0.3 is 5.32 Å². The van der Waals surface area contributed by atoms with E-state index in [2.05, 4.69) is 26.1 Å². The molecule has 1 aromatic rings. The van der Waals surface area contributed by atoms with Gasteiger partial charge >= 0.3 is 0 Å². The fraction of sp³-hybridized carbons (Fsp3) is 0.538. The lowest BCUT2D eigenvalue weighted by atomic mass is 10.0. The zero-order valence-electron chi connectivity index (χ0n) is 10.1. The van der Waals surface area contributed by atoms with E-state index in [1.807, 2.05) is 6.07 Å². The van der Waals surface area contributed by atoms with Crippen LogP contribution in [0.15, 0.2) is 22.7 Å². The molecule has 0 bridgehead atoms. The first kappa shape index (κ1) is 13.9. The lowest BCUT2D eigenvalue weighted by Gasteiger charge is -2.35. The predicted molar refractivity (Wildman–Crippen MR) is 71.9 cm³/mol. The highest BCUT2D eigenvalue weighted by molar-refractivity contribution is 9.10. The van der Waals surface area contributed by atoms with E-state index in [9.17, 15) is 8.78 Å². The Morgan fingerprint density at radius 2 is 2.06 bits per heavy atom. The molecule has 1 aliphatic rings. The van der Waals surface area contributed by atoms with Gasteiger partial charge in [-0.3, -0.25) is 9.29 Å². The van der Waals surface area contributed by atoms with Gasteiger partial charge in [-0.1, -0.05) is 6.07 Å². The second-order valence-corrected chi connectivity index (χ2v) is 5.31. The van der Waals surface area contributed by atoms with Crippen molar-refractivity contribution in [3.05, 3.63) is 34.1 Å². The highest BCUT2D eigenvalue weighted by Crippen LogP contribution is 2.27. The number of nitrogens with one attached hydrogen (secondary N) is 1. The summed E-state index contributed by atoms with van der Waals surface area (Å²) in [7, 11) is 0. The van der Waals surface area contributed by atoms with Gasteiger partial charge in [0.15, 0.2) is 0 Å². The summed E-state index contributed by atoms with van der Waals surface area (Å²) in [5.74, 6) is -0.286. The number of hydrogen-bond donors (Lipinski definition) is 1. The van der Waals surface area contributed by atoms with Crippen molar-refractivity contribution < 1.29 is 8.78 Å². The van der Waals surface area contributed by atoms with E-state index in [4.69, 9.17) is 0 Å². The molecule has 100 valence electrons. The van der Waals surface area contributed by atoms with Crippen molar-refractivity contribution in [2.24, 2.45) is 0 Å². The molecule has 1 N–H and O–H groups in total. The highest BCUT2D eigenvalue weighted by atomic mass is 79.9. The van der Waals surface area contributed by atoms with Crippen molar-refractivity contribution in [2.75, 3.05) is 32.9 Å². The third-order valence-corrected chi connectivity index (χ3v) is 3.95. The minimum absolute atomic E-state index is 0.0281. The molecule has 5 heteroatoms. The van der Waals surface area contributed by atoms with Crippen LogP contribution in [-0.2, 0) is 0 Å². The monoisotopic (exact) mass is 318 g/mol. The van der Waals surface area contributed by atoms with Gasteiger partial charge in [-0.25, -0.2) is 4.39 Å². The van der Waals surface area contributed by atoms with Crippen LogP contribution in [0.1, 0.15) is 18.0 Å². The van der Waals surface area contributed by atoms with Crippen molar-refractivity contribution in [3.63, 3.8) is 0 Å². The Bertz CT molecular complexity index is 395. The quantitative estimate of drug-likeness (QED) is 0.918. The van der Waals surface area contributed by atoms with Gasteiger partial charge in [-0.05, 0) is 40.0 Å². The standard InChI is InChI=1S/C13H17BrF2N2/c14-11-2-1-10(9-12(11)16)13(3-4-15)18-7-5-17-6-8-18/h1-2,9,13,17H,3-8H2/t13-/m1/s1. The zero-order chi connectivity index (χ0) is 13.0. The van der Waals surface area contributed by atoms with Gasteiger partial charge in [-0.15, -0.1) is 0 Å². The topological polar surface area (TPSA) is 15.3 Å². The molecule has 1 heterocycles. The van der Waals surface area contributed by atoms with Crippen molar-refractivity contribution in [2.45, 2.75) is 12.5 Å². The molecule has 2 nitrogen and oxygen atoms in total. The van der Waals surface area contributed by atoms with E-state index in [0.717, 1.165) is 31.7 Å². The zero-order valence-corrected chi connectivity index (χ0v) is 11.7. The minimum atomic E-state index is -0.383. The summed E-state index contributed by atoms with van der Waals surface area (Å²) < 4.78 is 26.7. The van der Waals surface area contributed by atoms with E-state index in [0.29, 0.717) is 10.9 Å². The molecule has 0 amide bonds. The van der Waals surface area contributed by atoms with Crippen LogP contribution in [-0.4, -0.2) is 37.8 Å². The van der Waals surface area contributed by atoms with Crippen molar-refractivity contribution in [3.8, 4) is 0 Å². The fourth-order valence-corrected chi connectivity index (χ4v) is 2.62. The van der Waals surface area contributed by atoms with Crippen LogP contribution in [0.5, 0.6) is 0 Å². The summed E-state index contributed by atoms with van der Waals surface area (Å²) in [6.45, 7) is 3.18. The third-order valence-electron chi connectivity index (χ3n) is 3.30. The maximum atomic E-state index is 13.6. The molecule has 18 heavy (non-hydrogen) atoms. The van der Waals surface area contributed by atoms with Gasteiger partial charge in [-0.2, -0.15) is 0 Å². The van der Waals surface area contributed by atoms with E-state index in [-0.39, 0.29) is 18.5 Å². The lowest BCUT2D eigenvalue weighted by Crippen LogP contribution is -2.45. The van der Waals surface area contributed by atoms with Crippen molar-refractivity contribution in [1.29, 1.82) is 0 Å². The number of nitrogens with zero attached hydrogens (tertiary/aromatic N) is 1. The number of alkyl halides is 1. The Morgan fingerprint density at radius 3 is 2.67 bits per heavy atom. The molecule has 0 unspecified atom stereocenters. The maximum absolute atomic E-state index is 13.6. The van der Waals surface area contributed by atoms with Crippen LogP contribution in [0.25, 0.3) is 0 Å². The van der Waals surface area contributed by atoms with E-state index in [1.54, 1.807) is 6.07 Å². The Kier molecular flexibility index (Phi) is 5.09. The highest BCUT2D eigenvalue weighted by Gasteiger charge is 2.22. The van der Waals surface area contributed by atoms with E-state index in [1.165, 1.54) is 6.07 Å². The lowest BCUT2D eigenvalue weighted by molar-refractivity contribution is 0.157. The van der Waals surface area contributed by atoms with Gasteiger partial charge in [0.05, 0.1) is 11.1 Å². The normalized spacial score (nSPS) is 18.8. The molecule has 1 atom stereocenters. The largest absolute Gasteiger partial charge is 0.314 e. The number of rotatable bonds is 4. The first-order valence-corrected chi connectivity index (χ1v) is 6.97. The number of piperazine rings is 1. The number of halogens is 3. The summed E-state index contributed by atoms with van der Waals surface area (Å²) in [5, 5.41) is 3.27. The molecular weight excluding hydrogens is 302 g/mol. The van der Waals surface area contributed by atoms with Gasteiger partial charge in [0.2, 0.25) is 0 Å². The Hall–Kier alpha value is -0.520. The molecular formula is C13H17BrF2N2. The minimum Gasteiger partial charge on any atom is -0.314 e. The number of hydrogen-bond acceptors (Lipinski definition) is 2. The van der Waals surface area contributed by atoms with E-state index >= 15 is 0 Å². The predicted octanol–water partition coefficient (Wildman–Crippen LogP) is 2.89. The summed E-state index contributed by atoms with van der Waals surface area (Å²) in [5.41, 5.74) is 0.857. The van der Waals surface area contributed by atoms with Crippen LogP contribution in [0.2, 0.25) is 0 Å². The first-order chi connectivity index (χ1) is 8.72. The smallest absolute Gasteiger partial charge is 0.137 e. The van der Waals surface area contributed by atoms with Crippen LogP contribution in [0, 0.1) is 5.82 Å². The SMILES string of the molecule is FCC[C@H](c1ccc(Br)c(F)c1)N1CCNCC1. The second kappa shape index (κ2) is 6.59. The van der Waals surface area contributed by atoms with Crippen molar-refractivity contribution in [1.82, 2.24) is 10.2 Å². The molecule has 0 radical (unpaired) electrons.